The van der Waals surface area contributed by atoms with Crippen molar-refractivity contribution in [2.45, 2.75) is 203 Å². The molecule has 2 heterocycles. The fourth-order valence-electron chi connectivity index (χ4n) is 6.46. The molecule has 52 heavy (non-hydrogen) atoms. The number of aliphatic hydroxyl groups is 7. The molecule has 2 rings (SSSR count). The van der Waals surface area contributed by atoms with Gasteiger partial charge in [-0.3, -0.25) is 4.79 Å². The summed E-state index contributed by atoms with van der Waals surface area (Å²) in [6.07, 6.45) is 4.85. The Morgan fingerprint density at radius 3 is 1.56 bits per heavy atom. The number of rotatable bonds is 30. The van der Waals surface area contributed by atoms with Crippen molar-refractivity contribution in [1.29, 1.82) is 0 Å². The fraction of sp³-hybridized carbons (Fsp3) is 0.974. The van der Waals surface area contributed by atoms with Crippen molar-refractivity contribution < 1.29 is 69.0 Å². The van der Waals surface area contributed by atoms with Crippen molar-refractivity contribution in [3.8, 4) is 0 Å². The smallest absolute Gasteiger partial charge is 0.306 e. The lowest BCUT2D eigenvalue weighted by molar-refractivity contribution is -0.332. The molecule has 0 aliphatic carbocycles. The van der Waals surface area contributed by atoms with Gasteiger partial charge in [0.25, 0.3) is 0 Å². The lowest BCUT2D eigenvalue weighted by Gasteiger charge is -2.42. The van der Waals surface area contributed by atoms with Gasteiger partial charge in [-0.15, -0.1) is 0 Å². The van der Waals surface area contributed by atoms with E-state index in [1.165, 1.54) is 70.6 Å². The van der Waals surface area contributed by atoms with Crippen LogP contribution in [0.5, 0.6) is 0 Å². The molecule has 0 saturated carbocycles. The molecule has 14 nitrogen and oxygen atoms in total. The highest BCUT2D eigenvalue weighted by Gasteiger charge is 2.47. The van der Waals surface area contributed by atoms with Crippen LogP contribution in [0.15, 0.2) is 0 Å². The number of ether oxygens (including phenoxy) is 6. The highest BCUT2D eigenvalue weighted by atomic mass is 16.7. The summed E-state index contributed by atoms with van der Waals surface area (Å²) in [6, 6.07) is 0. The second-order valence-electron chi connectivity index (χ2n) is 14.5. The zero-order chi connectivity index (χ0) is 38.1. The first-order valence-electron chi connectivity index (χ1n) is 20.1. The van der Waals surface area contributed by atoms with Crippen molar-refractivity contribution in [3.63, 3.8) is 0 Å². The molecule has 11 atom stereocenters. The summed E-state index contributed by atoms with van der Waals surface area (Å²) in [5.41, 5.74) is 0. The standard InChI is InChI=1S/C38H72O14/c1-3-5-7-9-11-13-14-15-17-19-21-30(40)50-27(24-47-22-20-18-16-12-10-8-6-4-2)25-48-37-36(46)34(44)32(42)29(52-37)26-49-38-35(45)33(43)31(41)28(23-39)51-38/h27-29,31-39,41-46H,3-26H2,1-2H3. The lowest BCUT2D eigenvalue weighted by Crippen LogP contribution is -2.61. The van der Waals surface area contributed by atoms with Crippen LogP contribution in [0.25, 0.3) is 0 Å². The molecule has 14 heteroatoms. The predicted molar refractivity (Wildman–Crippen MR) is 192 cm³/mol. The number of unbranched alkanes of at least 4 members (excludes halogenated alkanes) is 16. The van der Waals surface area contributed by atoms with Gasteiger partial charge in [0, 0.05) is 13.0 Å². The van der Waals surface area contributed by atoms with Crippen molar-refractivity contribution in [1.82, 2.24) is 0 Å². The van der Waals surface area contributed by atoms with Gasteiger partial charge in [0.15, 0.2) is 12.6 Å². The second kappa shape index (κ2) is 28.4. The van der Waals surface area contributed by atoms with E-state index in [0.717, 1.165) is 38.5 Å². The predicted octanol–water partition coefficient (Wildman–Crippen LogP) is 3.01. The van der Waals surface area contributed by atoms with Crippen molar-refractivity contribution in [3.05, 3.63) is 0 Å². The van der Waals surface area contributed by atoms with Gasteiger partial charge in [-0.2, -0.15) is 0 Å². The molecular weight excluding hydrogens is 680 g/mol. The third-order valence-corrected chi connectivity index (χ3v) is 9.87. The van der Waals surface area contributed by atoms with Crippen LogP contribution < -0.4 is 0 Å². The highest BCUT2D eigenvalue weighted by Crippen LogP contribution is 2.26. The normalized spacial score (nSPS) is 30.0. The van der Waals surface area contributed by atoms with Crippen LogP contribution in [0.3, 0.4) is 0 Å². The topological polar surface area (TPSA) is 214 Å². The summed E-state index contributed by atoms with van der Waals surface area (Å²) < 4.78 is 33.9. The van der Waals surface area contributed by atoms with E-state index in [0.29, 0.717) is 13.0 Å². The summed E-state index contributed by atoms with van der Waals surface area (Å²) in [5.74, 6) is -0.379. The van der Waals surface area contributed by atoms with Crippen LogP contribution in [0.4, 0.5) is 0 Å². The summed E-state index contributed by atoms with van der Waals surface area (Å²) >= 11 is 0. The molecule has 2 aliphatic heterocycles. The van der Waals surface area contributed by atoms with E-state index in [-0.39, 0.29) is 25.6 Å². The van der Waals surface area contributed by atoms with Gasteiger partial charge in [-0.25, -0.2) is 0 Å². The number of esters is 1. The van der Waals surface area contributed by atoms with Crippen LogP contribution >= 0.6 is 0 Å². The summed E-state index contributed by atoms with van der Waals surface area (Å²) in [7, 11) is 0. The molecule has 11 unspecified atom stereocenters. The van der Waals surface area contributed by atoms with Gasteiger partial charge in [0.1, 0.15) is 54.9 Å². The van der Waals surface area contributed by atoms with Gasteiger partial charge in [0.05, 0.1) is 26.4 Å². The Morgan fingerprint density at radius 2 is 1.02 bits per heavy atom. The maximum atomic E-state index is 12.8. The largest absolute Gasteiger partial charge is 0.457 e. The SMILES string of the molecule is CCCCCCCCCCCCC(=O)OC(COCCCCCCCCCC)COC1OC(COC2OC(CO)C(O)C(O)C2O)C(O)C(O)C1O. The average molecular weight is 753 g/mol. The van der Waals surface area contributed by atoms with E-state index in [1.54, 1.807) is 0 Å². The number of carbonyl (C=O) groups excluding carboxylic acids is 1. The maximum absolute atomic E-state index is 12.8. The first kappa shape index (κ1) is 47.1. The van der Waals surface area contributed by atoms with Crippen LogP contribution in [-0.2, 0) is 33.2 Å². The van der Waals surface area contributed by atoms with E-state index in [2.05, 4.69) is 13.8 Å². The number of hydrogen-bond donors (Lipinski definition) is 7. The molecule has 0 aromatic heterocycles. The van der Waals surface area contributed by atoms with Gasteiger partial charge >= 0.3 is 5.97 Å². The molecule has 7 N–H and O–H groups in total. The van der Waals surface area contributed by atoms with E-state index in [1.807, 2.05) is 0 Å². The highest BCUT2D eigenvalue weighted by molar-refractivity contribution is 5.69. The van der Waals surface area contributed by atoms with E-state index < -0.39 is 80.7 Å². The zero-order valence-electron chi connectivity index (χ0n) is 31.8. The molecule has 0 bridgehead atoms. The summed E-state index contributed by atoms with van der Waals surface area (Å²) in [6.45, 7) is 3.63. The minimum Gasteiger partial charge on any atom is -0.457 e. The third-order valence-electron chi connectivity index (χ3n) is 9.87. The number of carbonyl (C=O) groups is 1. The number of aliphatic hydroxyl groups excluding tert-OH is 7. The Bertz CT molecular complexity index is 881. The molecule has 0 spiro atoms. The van der Waals surface area contributed by atoms with E-state index in [9.17, 15) is 40.5 Å². The molecule has 0 aromatic rings. The van der Waals surface area contributed by atoms with Crippen LogP contribution in [0.1, 0.15) is 136 Å². The van der Waals surface area contributed by atoms with Crippen LogP contribution in [0, 0.1) is 0 Å². The molecule has 2 saturated heterocycles. The van der Waals surface area contributed by atoms with Gasteiger partial charge in [-0.05, 0) is 12.8 Å². The van der Waals surface area contributed by atoms with Crippen LogP contribution in [-0.4, -0.2) is 142 Å². The molecule has 0 aromatic carbocycles. The third kappa shape index (κ3) is 18.1. The fourth-order valence-corrected chi connectivity index (χ4v) is 6.46. The minimum absolute atomic E-state index is 0.0674. The first-order chi connectivity index (χ1) is 25.1. The van der Waals surface area contributed by atoms with Crippen molar-refractivity contribution in [2.24, 2.45) is 0 Å². The van der Waals surface area contributed by atoms with Crippen molar-refractivity contribution in [2.75, 3.05) is 33.0 Å². The Labute approximate surface area is 311 Å². The Balaban J connectivity index is 1.86. The summed E-state index contributed by atoms with van der Waals surface area (Å²) in [5, 5.41) is 71.5. The molecule has 2 aliphatic rings. The Hall–Kier alpha value is -1.01. The molecular formula is C38H72O14. The first-order valence-corrected chi connectivity index (χ1v) is 20.1. The Morgan fingerprint density at radius 1 is 0.558 bits per heavy atom. The lowest BCUT2D eigenvalue weighted by atomic mass is 9.98. The van der Waals surface area contributed by atoms with Gasteiger partial charge < -0.3 is 64.2 Å². The van der Waals surface area contributed by atoms with Crippen LogP contribution in [0.2, 0.25) is 0 Å². The van der Waals surface area contributed by atoms with Gasteiger partial charge in [0.2, 0.25) is 0 Å². The summed E-state index contributed by atoms with van der Waals surface area (Å²) in [4.78, 5) is 12.8. The van der Waals surface area contributed by atoms with Gasteiger partial charge in [-0.1, -0.05) is 117 Å². The minimum atomic E-state index is -1.70. The number of hydrogen-bond acceptors (Lipinski definition) is 14. The molecule has 0 amide bonds. The molecule has 2 fully saturated rings. The molecule has 0 radical (unpaired) electrons. The zero-order valence-corrected chi connectivity index (χ0v) is 31.8. The van der Waals surface area contributed by atoms with E-state index in [4.69, 9.17) is 28.4 Å². The van der Waals surface area contributed by atoms with Crippen molar-refractivity contribution >= 4 is 5.97 Å². The Kier molecular flexibility index (Phi) is 25.8. The maximum Gasteiger partial charge on any atom is 0.306 e. The quantitative estimate of drug-likeness (QED) is 0.0415. The molecule has 308 valence electrons. The monoisotopic (exact) mass is 752 g/mol. The second-order valence-corrected chi connectivity index (χ2v) is 14.5. The van der Waals surface area contributed by atoms with E-state index >= 15 is 0 Å². The average Bonchev–Trinajstić information content (AvgIpc) is 3.14.